The fraction of sp³-hybridized carbons (Fsp3) is 0.0476. The van der Waals surface area contributed by atoms with Gasteiger partial charge in [0, 0.05) is 15.7 Å². The van der Waals surface area contributed by atoms with E-state index in [1.165, 1.54) is 12.1 Å². The predicted molar refractivity (Wildman–Crippen MR) is 107 cm³/mol. The molecule has 0 fully saturated rings. The van der Waals surface area contributed by atoms with Gasteiger partial charge in [-0.25, -0.2) is 4.79 Å². The predicted octanol–water partition coefficient (Wildman–Crippen LogP) is 5.46. The van der Waals surface area contributed by atoms with Gasteiger partial charge >= 0.3 is 5.97 Å². The summed E-state index contributed by atoms with van der Waals surface area (Å²) in [6.45, 7) is 0. The number of anilines is 1. The minimum atomic E-state index is -1.06. The van der Waals surface area contributed by atoms with Gasteiger partial charge in [0.25, 0.3) is 0 Å². The molecule has 4 nitrogen and oxygen atoms in total. The molecule has 136 valence electrons. The molecule has 6 heteroatoms. The van der Waals surface area contributed by atoms with Gasteiger partial charge in [-0.2, -0.15) is 0 Å². The van der Waals surface area contributed by atoms with Crippen molar-refractivity contribution in [3.63, 3.8) is 0 Å². The summed E-state index contributed by atoms with van der Waals surface area (Å²) >= 11 is 11.9. The Kier molecular flexibility index (Phi) is 5.79. The second-order valence-corrected chi connectivity index (χ2v) is 6.78. The van der Waals surface area contributed by atoms with Crippen LogP contribution in [0.2, 0.25) is 10.0 Å². The Labute approximate surface area is 166 Å². The highest BCUT2D eigenvalue weighted by Gasteiger charge is 2.23. The van der Waals surface area contributed by atoms with Gasteiger partial charge in [0.05, 0.1) is 11.5 Å². The number of rotatable bonds is 5. The topological polar surface area (TPSA) is 66.4 Å². The largest absolute Gasteiger partial charge is 0.478 e. The monoisotopic (exact) mass is 399 g/mol. The molecule has 0 aliphatic carbocycles. The minimum Gasteiger partial charge on any atom is -0.478 e. The van der Waals surface area contributed by atoms with Crippen molar-refractivity contribution in [2.45, 2.75) is 5.92 Å². The molecule has 27 heavy (non-hydrogen) atoms. The Balaban J connectivity index is 1.95. The number of benzene rings is 3. The lowest BCUT2D eigenvalue weighted by atomic mass is 9.90. The van der Waals surface area contributed by atoms with Crippen LogP contribution in [0.25, 0.3) is 0 Å². The lowest BCUT2D eigenvalue weighted by Gasteiger charge is -2.18. The van der Waals surface area contributed by atoms with Gasteiger partial charge in [0.2, 0.25) is 5.91 Å². The fourth-order valence-corrected chi connectivity index (χ4v) is 3.00. The van der Waals surface area contributed by atoms with Gasteiger partial charge in [-0.1, -0.05) is 53.5 Å². The summed E-state index contributed by atoms with van der Waals surface area (Å²) in [5, 5.41) is 13.1. The third-order valence-corrected chi connectivity index (χ3v) is 4.55. The van der Waals surface area contributed by atoms with Crippen LogP contribution < -0.4 is 5.32 Å². The summed E-state index contributed by atoms with van der Waals surface area (Å²) in [7, 11) is 0. The first-order valence-corrected chi connectivity index (χ1v) is 8.85. The molecule has 0 spiro atoms. The number of halogens is 2. The van der Waals surface area contributed by atoms with E-state index in [2.05, 4.69) is 5.32 Å². The summed E-state index contributed by atoms with van der Waals surface area (Å²) in [6, 6.07) is 20.1. The molecule has 3 rings (SSSR count). The molecule has 0 unspecified atom stereocenters. The molecule has 2 N–H and O–H groups in total. The third-order valence-electron chi connectivity index (χ3n) is 4.05. The van der Waals surface area contributed by atoms with E-state index in [0.717, 1.165) is 11.1 Å². The van der Waals surface area contributed by atoms with Crippen LogP contribution in [-0.2, 0) is 4.79 Å². The second kappa shape index (κ2) is 8.25. The van der Waals surface area contributed by atoms with E-state index in [9.17, 15) is 9.59 Å². The van der Waals surface area contributed by atoms with Crippen molar-refractivity contribution < 1.29 is 14.7 Å². The third kappa shape index (κ3) is 4.67. The highest BCUT2D eigenvalue weighted by atomic mass is 35.5. The molecule has 1 amide bonds. The number of carbonyl (C=O) groups excluding carboxylic acids is 1. The number of aromatic carboxylic acids is 1. The summed E-state index contributed by atoms with van der Waals surface area (Å²) in [5.41, 5.74) is 2.03. The van der Waals surface area contributed by atoms with Gasteiger partial charge in [-0.15, -0.1) is 0 Å². The van der Waals surface area contributed by atoms with Crippen molar-refractivity contribution in [2.24, 2.45) is 0 Å². The maximum atomic E-state index is 13.0. The second-order valence-electron chi connectivity index (χ2n) is 5.91. The van der Waals surface area contributed by atoms with E-state index >= 15 is 0 Å². The molecule has 0 radical (unpaired) electrons. The van der Waals surface area contributed by atoms with Crippen molar-refractivity contribution in [3.8, 4) is 0 Å². The van der Waals surface area contributed by atoms with Crippen molar-refractivity contribution >= 4 is 40.8 Å². The molecule has 0 aromatic heterocycles. The van der Waals surface area contributed by atoms with Crippen LogP contribution in [0.15, 0.2) is 72.8 Å². The fourth-order valence-electron chi connectivity index (χ4n) is 2.75. The zero-order valence-electron chi connectivity index (χ0n) is 14.0. The van der Waals surface area contributed by atoms with Gasteiger partial charge in [0.1, 0.15) is 0 Å². The van der Waals surface area contributed by atoms with Gasteiger partial charge < -0.3 is 10.4 Å². The van der Waals surface area contributed by atoms with E-state index in [4.69, 9.17) is 28.3 Å². The first-order valence-electron chi connectivity index (χ1n) is 8.09. The van der Waals surface area contributed by atoms with Gasteiger partial charge in [-0.05, 0) is 53.6 Å². The molecule has 3 aromatic rings. The molecular formula is C21H15Cl2NO3. The zero-order chi connectivity index (χ0) is 19.4. The van der Waals surface area contributed by atoms with Gasteiger partial charge in [0.15, 0.2) is 0 Å². The zero-order valence-corrected chi connectivity index (χ0v) is 15.5. The highest BCUT2D eigenvalue weighted by Crippen LogP contribution is 2.28. The number of amides is 1. The normalized spacial score (nSPS) is 10.6. The highest BCUT2D eigenvalue weighted by molar-refractivity contribution is 6.30. The lowest BCUT2D eigenvalue weighted by molar-refractivity contribution is -0.116. The van der Waals surface area contributed by atoms with Crippen LogP contribution in [0.5, 0.6) is 0 Å². The van der Waals surface area contributed by atoms with Crippen LogP contribution >= 0.6 is 23.2 Å². The Morgan fingerprint density at radius 2 is 1.33 bits per heavy atom. The molecular weight excluding hydrogens is 385 g/mol. The van der Waals surface area contributed by atoms with E-state index in [0.29, 0.717) is 15.7 Å². The summed E-state index contributed by atoms with van der Waals surface area (Å²) < 4.78 is 0. The van der Waals surface area contributed by atoms with Gasteiger partial charge in [-0.3, -0.25) is 4.79 Å². The van der Waals surface area contributed by atoms with E-state index < -0.39 is 11.9 Å². The lowest BCUT2D eigenvalue weighted by Crippen LogP contribution is -2.22. The summed E-state index contributed by atoms with van der Waals surface area (Å²) in [5.74, 6) is -1.95. The molecule has 3 aromatic carbocycles. The van der Waals surface area contributed by atoms with Crippen LogP contribution in [0.4, 0.5) is 5.69 Å². The minimum absolute atomic E-state index is 0.0994. The van der Waals surface area contributed by atoms with Crippen LogP contribution in [-0.4, -0.2) is 17.0 Å². The molecule has 0 saturated heterocycles. The average molecular weight is 400 g/mol. The number of hydrogen-bond acceptors (Lipinski definition) is 2. The molecule has 0 aliphatic heterocycles. The Morgan fingerprint density at radius 3 is 1.81 bits per heavy atom. The standard InChI is InChI=1S/C21H15Cl2NO3/c22-16-8-4-13(5-9-16)19(14-6-10-17(23)11-7-14)20(25)24-18-3-1-2-15(12-18)21(26)27/h1-12,19H,(H,24,25)(H,26,27). The van der Waals surface area contributed by atoms with E-state index in [-0.39, 0.29) is 11.5 Å². The van der Waals surface area contributed by atoms with Crippen LogP contribution in [0, 0.1) is 0 Å². The molecule has 0 aliphatic rings. The number of carboxylic acid groups (broad SMARTS) is 1. The van der Waals surface area contributed by atoms with Crippen LogP contribution in [0.1, 0.15) is 27.4 Å². The Hall–Kier alpha value is -2.82. The number of carboxylic acids is 1. The van der Waals surface area contributed by atoms with E-state index in [1.807, 2.05) is 0 Å². The first-order chi connectivity index (χ1) is 12.9. The molecule has 0 heterocycles. The quantitative estimate of drug-likeness (QED) is 0.598. The van der Waals surface area contributed by atoms with Crippen molar-refractivity contribution in [2.75, 3.05) is 5.32 Å². The van der Waals surface area contributed by atoms with Crippen molar-refractivity contribution in [1.29, 1.82) is 0 Å². The number of nitrogens with one attached hydrogen (secondary N) is 1. The summed E-state index contributed by atoms with van der Waals surface area (Å²) in [6.07, 6.45) is 0. The maximum Gasteiger partial charge on any atom is 0.335 e. The molecule has 0 atom stereocenters. The Morgan fingerprint density at radius 1 is 0.815 bits per heavy atom. The van der Waals surface area contributed by atoms with E-state index in [1.54, 1.807) is 60.7 Å². The Bertz CT molecular complexity index is 924. The SMILES string of the molecule is O=C(O)c1cccc(NC(=O)C(c2ccc(Cl)cc2)c2ccc(Cl)cc2)c1. The number of hydrogen-bond donors (Lipinski definition) is 2. The van der Waals surface area contributed by atoms with Crippen molar-refractivity contribution in [3.05, 3.63) is 99.5 Å². The average Bonchev–Trinajstić information content (AvgIpc) is 2.65. The number of carbonyl (C=O) groups is 2. The van der Waals surface area contributed by atoms with Crippen molar-refractivity contribution in [1.82, 2.24) is 0 Å². The molecule has 0 bridgehead atoms. The molecule has 0 saturated carbocycles. The van der Waals surface area contributed by atoms with Crippen LogP contribution in [0.3, 0.4) is 0 Å². The first kappa shape index (κ1) is 19.0. The smallest absolute Gasteiger partial charge is 0.335 e. The maximum absolute atomic E-state index is 13.0. The summed E-state index contributed by atoms with van der Waals surface area (Å²) in [4.78, 5) is 24.2.